The Bertz CT molecular complexity index is 588. The molecule has 1 aliphatic carbocycles. The number of non-ortho nitro benzene ring substituents is 1. The molecule has 1 aromatic carbocycles. The van der Waals surface area contributed by atoms with Crippen LogP contribution in [-0.4, -0.2) is 30.1 Å². The van der Waals surface area contributed by atoms with Crippen molar-refractivity contribution in [1.29, 1.82) is 0 Å². The number of nitro benzene ring substituents is 1. The summed E-state index contributed by atoms with van der Waals surface area (Å²) in [5.41, 5.74) is -0.897. The summed E-state index contributed by atoms with van der Waals surface area (Å²) in [6.45, 7) is 3.89. The first-order valence-corrected chi connectivity index (χ1v) is 6.55. The molecule has 0 spiro atoms. The van der Waals surface area contributed by atoms with Gasteiger partial charge in [0.25, 0.3) is 11.6 Å². The largest absolute Gasteiger partial charge is 0.381 e. The lowest BCUT2D eigenvalue weighted by atomic mass is 9.64. The van der Waals surface area contributed by atoms with Gasteiger partial charge in [-0.25, -0.2) is 4.39 Å². The van der Waals surface area contributed by atoms with Crippen molar-refractivity contribution >= 4 is 11.6 Å². The number of hydrogen-bond acceptors (Lipinski definition) is 4. The summed E-state index contributed by atoms with van der Waals surface area (Å²) in [4.78, 5) is 22.1. The number of ether oxygens (including phenoxy) is 1. The molecule has 1 saturated carbocycles. The smallest absolute Gasteiger partial charge is 0.270 e. The summed E-state index contributed by atoms with van der Waals surface area (Å²) in [5.74, 6) is -1.43. The summed E-state index contributed by atoms with van der Waals surface area (Å²) >= 11 is 0. The van der Waals surface area contributed by atoms with Crippen molar-refractivity contribution in [2.75, 3.05) is 7.11 Å². The monoisotopic (exact) mass is 296 g/mol. The van der Waals surface area contributed by atoms with Gasteiger partial charge in [0, 0.05) is 30.7 Å². The number of nitro groups is 1. The minimum absolute atomic E-state index is 0.0257. The van der Waals surface area contributed by atoms with Crippen LogP contribution in [0.25, 0.3) is 0 Å². The summed E-state index contributed by atoms with van der Waals surface area (Å²) in [7, 11) is 1.60. The highest BCUT2D eigenvalue weighted by atomic mass is 19.1. The predicted octanol–water partition coefficient (Wildman–Crippen LogP) is 2.28. The molecule has 0 aromatic heterocycles. The molecule has 0 saturated heterocycles. The van der Waals surface area contributed by atoms with Gasteiger partial charge >= 0.3 is 0 Å². The molecular formula is C14H17FN2O4. The van der Waals surface area contributed by atoms with E-state index >= 15 is 0 Å². The van der Waals surface area contributed by atoms with Gasteiger partial charge in [0.05, 0.1) is 16.6 Å². The average molecular weight is 296 g/mol. The molecule has 21 heavy (non-hydrogen) atoms. The maximum absolute atomic E-state index is 13.7. The summed E-state index contributed by atoms with van der Waals surface area (Å²) in [6, 6.07) is 2.75. The molecule has 0 bridgehead atoms. The van der Waals surface area contributed by atoms with Crippen LogP contribution in [0.3, 0.4) is 0 Å². The van der Waals surface area contributed by atoms with E-state index in [1.807, 2.05) is 13.8 Å². The molecule has 6 nitrogen and oxygen atoms in total. The Morgan fingerprint density at radius 3 is 2.71 bits per heavy atom. The molecule has 0 radical (unpaired) electrons. The highest BCUT2D eigenvalue weighted by Gasteiger charge is 2.49. The maximum Gasteiger partial charge on any atom is 0.270 e. The fourth-order valence-corrected chi connectivity index (χ4v) is 2.57. The van der Waals surface area contributed by atoms with Crippen LogP contribution in [0.5, 0.6) is 0 Å². The molecule has 1 fully saturated rings. The molecule has 2 atom stereocenters. The second-order valence-corrected chi connectivity index (χ2v) is 5.73. The van der Waals surface area contributed by atoms with Crippen LogP contribution >= 0.6 is 0 Å². The lowest BCUT2D eigenvalue weighted by molar-refractivity contribution is -0.384. The van der Waals surface area contributed by atoms with E-state index in [-0.39, 0.29) is 28.8 Å². The zero-order valence-electron chi connectivity index (χ0n) is 12.1. The Kier molecular flexibility index (Phi) is 3.95. The third kappa shape index (κ3) is 2.73. The van der Waals surface area contributed by atoms with Crippen molar-refractivity contribution in [1.82, 2.24) is 5.32 Å². The molecule has 1 N–H and O–H groups in total. The molecule has 2 rings (SSSR count). The van der Waals surface area contributed by atoms with Crippen LogP contribution in [0.2, 0.25) is 0 Å². The zero-order valence-corrected chi connectivity index (χ0v) is 12.1. The van der Waals surface area contributed by atoms with E-state index in [1.54, 1.807) is 7.11 Å². The molecule has 2 unspecified atom stereocenters. The van der Waals surface area contributed by atoms with E-state index < -0.39 is 16.6 Å². The molecule has 0 heterocycles. The van der Waals surface area contributed by atoms with Crippen LogP contribution in [0.4, 0.5) is 10.1 Å². The molecule has 0 aliphatic heterocycles. The Morgan fingerprint density at radius 1 is 1.52 bits per heavy atom. The molecule has 1 amide bonds. The van der Waals surface area contributed by atoms with Crippen molar-refractivity contribution in [2.24, 2.45) is 5.41 Å². The topological polar surface area (TPSA) is 81.5 Å². The normalized spacial score (nSPS) is 23.2. The van der Waals surface area contributed by atoms with Gasteiger partial charge in [-0.15, -0.1) is 0 Å². The third-order valence-electron chi connectivity index (χ3n) is 4.17. The number of halogens is 1. The summed E-state index contributed by atoms with van der Waals surface area (Å²) in [5, 5.41) is 13.4. The standard InChI is InChI=1S/C14H17FN2O4/c1-14(2)11(7-12(14)21-3)16-13(18)9-6-8(17(19)20)4-5-10(9)15/h4-6,11-12H,7H2,1-3H3,(H,16,18). The van der Waals surface area contributed by atoms with Crippen molar-refractivity contribution in [3.8, 4) is 0 Å². The number of nitrogens with zero attached hydrogens (tertiary/aromatic N) is 1. The number of carbonyl (C=O) groups excluding carboxylic acids is 1. The second-order valence-electron chi connectivity index (χ2n) is 5.73. The number of nitrogens with one attached hydrogen (secondary N) is 1. The molecule has 114 valence electrons. The first-order chi connectivity index (χ1) is 9.77. The highest BCUT2D eigenvalue weighted by Crippen LogP contribution is 2.42. The van der Waals surface area contributed by atoms with Gasteiger partial charge in [0.1, 0.15) is 5.82 Å². The summed E-state index contributed by atoms with van der Waals surface area (Å²) < 4.78 is 19.0. The van der Waals surface area contributed by atoms with E-state index in [0.29, 0.717) is 6.42 Å². The molecule has 7 heteroatoms. The minimum Gasteiger partial charge on any atom is -0.381 e. The Labute approximate surface area is 121 Å². The van der Waals surface area contributed by atoms with Gasteiger partial charge < -0.3 is 10.1 Å². The Balaban J connectivity index is 2.15. The second kappa shape index (κ2) is 5.40. The molecular weight excluding hydrogens is 279 g/mol. The van der Waals surface area contributed by atoms with Gasteiger partial charge in [0.15, 0.2) is 0 Å². The van der Waals surface area contributed by atoms with Gasteiger partial charge in [-0.2, -0.15) is 0 Å². The first-order valence-electron chi connectivity index (χ1n) is 6.55. The number of hydrogen-bond donors (Lipinski definition) is 1. The minimum atomic E-state index is -0.779. The van der Waals surface area contributed by atoms with Crippen LogP contribution in [0, 0.1) is 21.3 Å². The fourth-order valence-electron chi connectivity index (χ4n) is 2.57. The molecule has 1 aliphatic rings. The van der Waals surface area contributed by atoms with E-state index in [0.717, 1.165) is 18.2 Å². The van der Waals surface area contributed by atoms with Crippen LogP contribution in [-0.2, 0) is 4.74 Å². The van der Waals surface area contributed by atoms with Crippen molar-refractivity contribution in [3.63, 3.8) is 0 Å². The SMILES string of the molecule is COC1CC(NC(=O)c2cc([N+](=O)[O-])ccc2F)C1(C)C. The first kappa shape index (κ1) is 15.4. The summed E-state index contributed by atoms with van der Waals surface area (Å²) in [6.07, 6.45) is 0.656. The van der Waals surface area contributed by atoms with Gasteiger partial charge in [0.2, 0.25) is 0 Å². The number of benzene rings is 1. The highest BCUT2D eigenvalue weighted by molar-refractivity contribution is 5.95. The van der Waals surface area contributed by atoms with E-state index in [2.05, 4.69) is 5.32 Å². The van der Waals surface area contributed by atoms with E-state index in [9.17, 15) is 19.3 Å². The quantitative estimate of drug-likeness (QED) is 0.682. The maximum atomic E-state index is 13.7. The zero-order chi connectivity index (χ0) is 15.8. The number of rotatable bonds is 4. The molecule has 1 aromatic rings. The number of methoxy groups -OCH3 is 1. The van der Waals surface area contributed by atoms with Gasteiger partial charge in [-0.05, 0) is 12.5 Å². The number of amides is 1. The third-order valence-corrected chi connectivity index (χ3v) is 4.17. The van der Waals surface area contributed by atoms with Crippen LogP contribution < -0.4 is 5.32 Å². The van der Waals surface area contributed by atoms with Gasteiger partial charge in [-0.3, -0.25) is 14.9 Å². The van der Waals surface area contributed by atoms with E-state index in [1.165, 1.54) is 0 Å². The Morgan fingerprint density at radius 2 is 2.19 bits per heavy atom. The van der Waals surface area contributed by atoms with E-state index in [4.69, 9.17) is 4.74 Å². The average Bonchev–Trinajstić information content (AvgIpc) is 2.42. The van der Waals surface area contributed by atoms with Crippen LogP contribution in [0.1, 0.15) is 30.6 Å². The Hall–Kier alpha value is -2.02. The number of carbonyl (C=O) groups is 1. The van der Waals surface area contributed by atoms with Crippen molar-refractivity contribution in [3.05, 3.63) is 39.7 Å². The lowest BCUT2D eigenvalue weighted by Gasteiger charge is -2.51. The van der Waals surface area contributed by atoms with Crippen molar-refractivity contribution in [2.45, 2.75) is 32.4 Å². The van der Waals surface area contributed by atoms with Crippen molar-refractivity contribution < 1.29 is 18.8 Å². The fraction of sp³-hybridized carbons (Fsp3) is 0.500. The van der Waals surface area contributed by atoms with Crippen LogP contribution in [0.15, 0.2) is 18.2 Å². The van der Waals surface area contributed by atoms with Gasteiger partial charge in [-0.1, -0.05) is 13.8 Å². The lowest BCUT2D eigenvalue weighted by Crippen LogP contribution is -2.61. The predicted molar refractivity (Wildman–Crippen MR) is 73.5 cm³/mol.